The first-order valence-corrected chi connectivity index (χ1v) is 5.02. The quantitative estimate of drug-likeness (QED) is 0.748. The molecule has 0 aliphatic rings. The van der Waals surface area contributed by atoms with Crippen LogP contribution in [0.25, 0.3) is 0 Å². The van der Waals surface area contributed by atoms with E-state index < -0.39 is 0 Å². The first kappa shape index (κ1) is 9.71. The van der Waals surface area contributed by atoms with Crippen molar-refractivity contribution >= 4 is 11.3 Å². The standard InChI is InChI=1S/C9H15NOS/c1-7-3-6-12-9(7)8(2)10-4-5-11/h3,6,8,10-11H,4-5H2,1-2H3/t8-/m0/s1. The molecule has 0 saturated carbocycles. The van der Waals surface area contributed by atoms with Crippen LogP contribution in [-0.4, -0.2) is 18.3 Å². The molecule has 0 fully saturated rings. The third-order valence-corrected chi connectivity index (χ3v) is 3.06. The van der Waals surface area contributed by atoms with Crippen LogP contribution in [0.15, 0.2) is 11.4 Å². The Bertz CT molecular complexity index is 234. The zero-order chi connectivity index (χ0) is 8.97. The van der Waals surface area contributed by atoms with Gasteiger partial charge in [-0.15, -0.1) is 11.3 Å². The smallest absolute Gasteiger partial charge is 0.0556 e. The van der Waals surface area contributed by atoms with Gasteiger partial charge in [-0.25, -0.2) is 0 Å². The summed E-state index contributed by atoms with van der Waals surface area (Å²) >= 11 is 1.76. The van der Waals surface area contributed by atoms with Gasteiger partial charge in [0.25, 0.3) is 0 Å². The summed E-state index contributed by atoms with van der Waals surface area (Å²) < 4.78 is 0. The lowest BCUT2D eigenvalue weighted by Gasteiger charge is -2.11. The van der Waals surface area contributed by atoms with Crippen LogP contribution in [0.1, 0.15) is 23.4 Å². The molecular weight excluding hydrogens is 170 g/mol. The maximum absolute atomic E-state index is 8.62. The molecule has 68 valence electrons. The average Bonchev–Trinajstić information content (AvgIpc) is 2.47. The summed E-state index contributed by atoms with van der Waals surface area (Å²) in [5.74, 6) is 0. The highest BCUT2D eigenvalue weighted by atomic mass is 32.1. The van der Waals surface area contributed by atoms with E-state index in [2.05, 4.69) is 30.6 Å². The number of aliphatic hydroxyl groups excluding tert-OH is 1. The van der Waals surface area contributed by atoms with E-state index in [1.54, 1.807) is 11.3 Å². The van der Waals surface area contributed by atoms with Crippen molar-refractivity contribution in [3.8, 4) is 0 Å². The lowest BCUT2D eigenvalue weighted by molar-refractivity contribution is 0.286. The third kappa shape index (κ3) is 2.30. The maximum atomic E-state index is 8.62. The zero-order valence-corrected chi connectivity index (χ0v) is 8.32. The molecule has 0 radical (unpaired) electrons. The summed E-state index contributed by atoms with van der Waals surface area (Å²) in [6, 6.07) is 2.48. The number of thiophene rings is 1. The Kier molecular flexibility index (Phi) is 3.72. The van der Waals surface area contributed by atoms with Crippen molar-refractivity contribution < 1.29 is 5.11 Å². The van der Waals surface area contributed by atoms with Crippen molar-refractivity contribution in [2.45, 2.75) is 19.9 Å². The number of hydrogen-bond donors (Lipinski definition) is 2. The van der Waals surface area contributed by atoms with Crippen LogP contribution in [0.3, 0.4) is 0 Å². The SMILES string of the molecule is Cc1ccsc1[C@H](C)NCCO. The fourth-order valence-electron chi connectivity index (χ4n) is 1.20. The molecule has 1 aromatic rings. The van der Waals surface area contributed by atoms with Gasteiger partial charge in [-0.2, -0.15) is 0 Å². The number of aryl methyl sites for hydroxylation is 1. The van der Waals surface area contributed by atoms with Crippen molar-refractivity contribution in [1.29, 1.82) is 0 Å². The second kappa shape index (κ2) is 4.60. The molecular formula is C9H15NOS. The zero-order valence-electron chi connectivity index (χ0n) is 7.50. The monoisotopic (exact) mass is 185 g/mol. The molecule has 0 unspecified atom stereocenters. The molecule has 0 aliphatic heterocycles. The van der Waals surface area contributed by atoms with Crippen molar-refractivity contribution in [2.75, 3.05) is 13.2 Å². The molecule has 2 N–H and O–H groups in total. The Balaban J connectivity index is 2.52. The van der Waals surface area contributed by atoms with Crippen LogP contribution in [0, 0.1) is 6.92 Å². The van der Waals surface area contributed by atoms with Crippen LogP contribution >= 0.6 is 11.3 Å². The van der Waals surface area contributed by atoms with Gasteiger partial charge in [-0.3, -0.25) is 0 Å². The molecule has 1 aromatic heterocycles. The van der Waals surface area contributed by atoms with Crippen molar-refractivity contribution in [2.24, 2.45) is 0 Å². The van der Waals surface area contributed by atoms with E-state index in [4.69, 9.17) is 5.11 Å². The Morgan fingerprint density at radius 2 is 2.42 bits per heavy atom. The van der Waals surface area contributed by atoms with Gasteiger partial charge in [0.15, 0.2) is 0 Å². The molecule has 0 aliphatic carbocycles. The van der Waals surface area contributed by atoms with Crippen LogP contribution in [0.2, 0.25) is 0 Å². The molecule has 0 saturated heterocycles. The van der Waals surface area contributed by atoms with Crippen LogP contribution in [-0.2, 0) is 0 Å². The van der Waals surface area contributed by atoms with E-state index in [0.717, 1.165) is 0 Å². The number of rotatable bonds is 4. The Morgan fingerprint density at radius 1 is 1.67 bits per heavy atom. The Hall–Kier alpha value is -0.380. The lowest BCUT2D eigenvalue weighted by Crippen LogP contribution is -2.21. The number of aliphatic hydroxyl groups is 1. The van der Waals surface area contributed by atoms with Gasteiger partial charge in [-0.1, -0.05) is 0 Å². The summed E-state index contributed by atoms with van der Waals surface area (Å²) in [6.45, 7) is 5.10. The van der Waals surface area contributed by atoms with E-state index in [1.165, 1.54) is 10.4 Å². The molecule has 0 amide bonds. The van der Waals surface area contributed by atoms with Crippen molar-refractivity contribution in [3.63, 3.8) is 0 Å². The fourth-order valence-corrected chi connectivity index (χ4v) is 2.16. The van der Waals surface area contributed by atoms with Crippen LogP contribution in [0.5, 0.6) is 0 Å². The van der Waals surface area contributed by atoms with E-state index in [1.807, 2.05) is 0 Å². The molecule has 1 heterocycles. The molecule has 2 nitrogen and oxygen atoms in total. The van der Waals surface area contributed by atoms with Crippen LogP contribution in [0.4, 0.5) is 0 Å². The molecule has 12 heavy (non-hydrogen) atoms. The minimum Gasteiger partial charge on any atom is -0.395 e. The minimum absolute atomic E-state index is 0.203. The first-order chi connectivity index (χ1) is 5.75. The molecule has 0 bridgehead atoms. The van der Waals surface area contributed by atoms with E-state index in [9.17, 15) is 0 Å². The normalized spacial score (nSPS) is 13.2. The topological polar surface area (TPSA) is 32.3 Å². The van der Waals surface area contributed by atoms with Gasteiger partial charge in [0, 0.05) is 17.5 Å². The van der Waals surface area contributed by atoms with Gasteiger partial charge in [0.2, 0.25) is 0 Å². The van der Waals surface area contributed by atoms with Gasteiger partial charge < -0.3 is 10.4 Å². The second-order valence-electron chi connectivity index (χ2n) is 2.87. The predicted molar refractivity (Wildman–Crippen MR) is 52.6 cm³/mol. The van der Waals surface area contributed by atoms with Crippen molar-refractivity contribution in [3.05, 3.63) is 21.9 Å². The molecule has 0 spiro atoms. The number of hydrogen-bond acceptors (Lipinski definition) is 3. The average molecular weight is 185 g/mol. The minimum atomic E-state index is 0.203. The Morgan fingerprint density at radius 3 is 2.92 bits per heavy atom. The molecule has 1 atom stereocenters. The molecule has 1 rings (SSSR count). The van der Waals surface area contributed by atoms with Crippen molar-refractivity contribution in [1.82, 2.24) is 5.32 Å². The fraction of sp³-hybridized carbons (Fsp3) is 0.556. The Labute approximate surface area is 77.2 Å². The summed E-state index contributed by atoms with van der Waals surface area (Å²) in [4.78, 5) is 1.36. The largest absolute Gasteiger partial charge is 0.395 e. The highest BCUT2D eigenvalue weighted by Gasteiger charge is 2.07. The molecule has 0 aromatic carbocycles. The molecule has 3 heteroatoms. The summed E-state index contributed by atoms with van der Waals surface area (Å²) in [5.41, 5.74) is 1.33. The van der Waals surface area contributed by atoms with E-state index >= 15 is 0 Å². The number of nitrogens with one attached hydrogen (secondary N) is 1. The first-order valence-electron chi connectivity index (χ1n) is 4.14. The predicted octanol–water partition coefficient (Wildman–Crippen LogP) is 1.70. The maximum Gasteiger partial charge on any atom is 0.0556 e. The second-order valence-corrected chi connectivity index (χ2v) is 3.81. The van der Waals surface area contributed by atoms with E-state index in [0.29, 0.717) is 12.6 Å². The van der Waals surface area contributed by atoms with Crippen LogP contribution < -0.4 is 5.32 Å². The third-order valence-electron chi connectivity index (χ3n) is 1.86. The van der Waals surface area contributed by atoms with Gasteiger partial charge in [-0.05, 0) is 30.9 Å². The summed E-state index contributed by atoms with van der Waals surface area (Å²) in [6.07, 6.45) is 0. The highest BCUT2D eigenvalue weighted by Crippen LogP contribution is 2.22. The summed E-state index contributed by atoms with van der Waals surface area (Å²) in [5, 5.41) is 14.0. The van der Waals surface area contributed by atoms with Gasteiger partial charge in [0.1, 0.15) is 0 Å². The van der Waals surface area contributed by atoms with Gasteiger partial charge >= 0.3 is 0 Å². The summed E-state index contributed by atoms with van der Waals surface area (Å²) in [7, 11) is 0. The highest BCUT2D eigenvalue weighted by molar-refractivity contribution is 7.10. The van der Waals surface area contributed by atoms with E-state index in [-0.39, 0.29) is 6.61 Å². The van der Waals surface area contributed by atoms with Gasteiger partial charge in [0.05, 0.1) is 6.61 Å². The lowest BCUT2D eigenvalue weighted by atomic mass is 10.2.